The molecule has 5 rings (SSSR count). The maximum Gasteiger partial charge on any atom is 0.297 e. The third kappa shape index (κ3) is 2.83. The number of ether oxygens (including phenoxy) is 2. The van der Waals surface area contributed by atoms with Gasteiger partial charge in [-0.05, 0) is 19.1 Å². The summed E-state index contributed by atoms with van der Waals surface area (Å²) in [7, 11) is -3.87. The van der Waals surface area contributed by atoms with Crippen molar-refractivity contribution in [3.63, 3.8) is 0 Å². The molecule has 0 aliphatic carbocycles. The van der Waals surface area contributed by atoms with Gasteiger partial charge >= 0.3 is 0 Å². The van der Waals surface area contributed by atoms with Crippen LogP contribution in [0.1, 0.15) is 11.8 Å². The van der Waals surface area contributed by atoms with E-state index < -0.39 is 22.4 Å². The highest BCUT2D eigenvalue weighted by atomic mass is 32.2. The molecule has 0 unspecified atom stereocenters. The number of fused-ring (bicyclic) bond motifs is 2. The molecule has 0 amide bonds. The van der Waals surface area contributed by atoms with Crippen LogP contribution in [0.3, 0.4) is 0 Å². The second-order valence-electron chi connectivity index (χ2n) is 6.77. The van der Waals surface area contributed by atoms with Gasteiger partial charge in [0.2, 0.25) is 0 Å². The lowest BCUT2D eigenvalue weighted by Gasteiger charge is -2.18. The van der Waals surface area contributed by atoms with Crippen LogP contribution in [0, 0.1) is 6.92 Å². The highest BCUT2D eigenvalue weighted by Crippen LogP contribution is 2.45. The third-order valence-electron chi connectivity index (χ3n) is 4.88. The van der Waals surface area contributed by atoms with Crippen molar-refractivity contribution < 1.29 is 22.1 Å². The Morgan fingerprint density at radius 1 is 1.14 bits per heavy atom. The zero-order valence-electron chi connectivity index (χ0n) is 14.8. The Labute approximate surface area is 160 Å². The fourth-order valence-electron chi connectivity index (χ4n) is 3.34. The molecule has 3 aromatic rings. The lowest BCUT2D eigenvalue weighted by atomic mass is 10.2. The predicted molar refractivity (Wildman–Crippen MR) is 96.6 cm³/mol. The van der Waals surface area contributed by atoms with Crippen molar-refractivity contribution >= 4 is 27.1 Å². The van der Waals surface area contributed by atoms with Crippen molar-refractivity contribution in [2.45, 2.75) is 36.4 Å². The minimum Gasteiger partial charge on any atom is -0.382 e. The van der Waals surface area contributed by atoms with Gasteiger partial charge in [-0.2, -0.15) is 8.42 Å². The summed E-state index contributed by atoms with van der Waals surface area (Å²) in [6.07, 6.45) is 1.45. The molecular weight excluding hydrogens is 386 g/mol. The van der Waals surface area contributed by atoms with E-state index in [9.17, 15) is 8.42 Å². The van der Waals surface area contributed by atoms with Crippen LogP contribution in [0.15, 0.2) is 41.8 Å². The van der Waals surface area contributed by atoms with Crippen LogP contribution in [0.5, 0.6) is 0 Å². The standard InChI is InChI=1S/C17H17N5O5S/c1-9-2-4-10(5-3-9)28(23,24)25-6-11-13-14(27-13)17(26-11)22-8-21-12-15(18)19-7-20-16(12)22/h2-5,7-8,11,13-14,17H,6H2,1H3,(H2,18,19,20)/t11-,13+,14+,17+/m0/s1. The number of aromatic nitrogens is 4. The maximum atomic E-state index is 12.4. The molecule has 11 heteroatoms. The van der Waals surface area contributed by atoms with Crippen LogP contribution in [-0.4, -0.2) is 52.9 Å². The number of hydrogen-bond donors (Lipinski definition) is 1. The van der Waals surface area contributed by atoms with Gasteiger partial charge in [0.25, 0.3) is 10.1 Å². The van der Waals surface area contributed by atoms with Crippen molar-refractivity contribution in [1.82, 2.24) is 19.5 Å². The molecule has 0 radical (unpaired) electrons. The second-order valence-corrected chi connectivity index (χ2v) is 8.38. The van der Waals surface area contributed by atoms with Crippen LogP contribution in [0.4, 0.5) is 5.82 Å². The lowest BCUT2D eigenvalue weighted by molar-refractivity contribution is -0.0781. The molecular formula is C17H17N5O5S. The van der Waals surface area contributed by atoms with E-state index in [1.165, 1.54) is 18.5 Å². The number of epoxide rings is 1. The van der Waals surface area contributed by atoms with Gasteiger partial charge in [0.15, 0.2) is 17.7 Å². The molecule has 1 aromatic carbocycles. The molecule has 0 saturated carbocycles. The first-order valence-electron chi connectivity index (χ1n) is 8.64. The number of nitrogens with two attached hydrogens (primary N) is 1. The van der Waals surface area contributed by atoms with E-state index in [1.54, 1.807) is 23.0 Å². The number of anilines is 1. The van der Waals surface area contributed by atoms with Gasteiger partial charge in [-0.15, -0.1) is 0 Å². The van der Waals surface area contributed by atoms with Crippen molar-refractivity contribution in [2.75, 3.05) is 12.3 Å². The van der Waals surface area contributed by atoms with Gasteiger partial charge in [-0.25, -0.2) is 15.0 Å². The molecule has 2 saturated heterocycles. The van der Waals surface area contributed by atoms with E-state index in [0.29, 0.717) is 11.2 Å². The van der Waals surface area contributed by atoms with Gasteiger partial charge in [0, 0.05) is 0 Å². The van der Waals surface area contributed by atoms with Gasteiger partial charge in [-0.1, -0.05) is 17.7 Å². The molecule has 2 aliphatic rings. The first-order valence-corrected chi connectivity index (χ1v) is 10.0. The Morgan fingerprint density at radius 3 is 2.71 bits per heavy atom. The Bertz CT molecular complexity index is 1150. The molecule has 146 valence electrons. The SMILES string of the molecule is Cc1ccc(S(=O)(=O)OC[C@@H]2O[C@@H](n3cnc4c(N)ncnc43)[C@@H]3O[C@@H]32)cc1. The molecule has 0 bridgehead atoms. The Morgan fingerprint density at radius 2 is 1.93 bits per heavy atom. The van der Waals surface area contributed by atoms with Gasteiger partial charge < -0.3 is 15.2 Å². The van der Waals surface area contributed by atoms with E-state index in [2.05, 4.69) is 15.0 Å². The zero-order valence-corrected chi connectivity index (χ0v) is 15.6. The molecule has 2 aromatic heterocycles. The minimum atomic E-state index is -3.87. The number of nitrogen functional groups attached to an aromatic ring is 1. The quantitative estimate of drug-likeness (QED) is 0.484. The summed E-state index contributed by atoms with van der Waals surface area (Å²) >= 11 is 0. The van der Waals surface area contributed by atoms with Crippen LogP contribution in [0.25, 0.3) is 11.2 Å². The summed E-state index contributed by atoms with van der Waals surface area (Å²) in [5.74, 6) is 0.277. The largest absolute Gasteiger partial charge is 0.382 e. The van der Waals surface area contributed by atoms with Crippen molar-refractivity contribution in [3.05, 3.63) is 42.5 Å². The van der Waals surface area contributed by atoms with Gasteiger partial charge in [0.05, 0.1) is 17.8 Å². The summed E-state index contributed by atoms with van der Waals surface area (Å²) in [5.41, 5.74) is 7.79. The third-order valence-corrected chi connectivity index (χ3v) is 6.18. The molecule has 2 N–H and O–H groups in total. The molecule has 10 nitrogen and oxygen atoms in total. The fourth-order valence-corrected chi connectivity index (χ4v) is 4.26. The highest BCUT2D eigenvalue weighted by Gasteiger charge is 2.59. The van der Waals surface area contributed by atoms with Gasteiger partial charge in [0.1, 0.15) is 30.2 Å². The van der Waals surface area contributed by atoms with Crippen LogP contribution < -0.4 is 5.73 Å². The van der Waals surface area contributed by atoms with E-state index in [-0.39, 0.29) is 29.5 Å². The van der Waals surface area contributed by atoms with Gasteiger partial charge in [-0.3, -0.25) is 8.75 Å². The van der Waals surface area contributed by atoms with E-state index in [0.717, 1.165) is 5.56 Å². The Hall–Kier alpha value is -2.60. The predicted octanol–water partition coefficient (Wildman–Crippen LogP) is 0.787. The minimum absolute atomic E-state index is 0.105. The van der Waals surface area contributed by atoms with Crippen molar-refractivity contribution in [1.29, 1.82) is 0 Å². The summed E-state index contributed by atoms with van der Waals surface area (Å²) < 4.78 is 43.3. The topological polar surface area (TPSA) is 135 Å². The number of imidazole rings is 1. The van der Waals surface area contributed by atoms with Crippen LogP contribution >= 0.6 is 0 Å². The first kappa shape index (κ1) is 17.5. The molecule has 28 heavy (non-hydrogen) atoms. The molecule has 4 atom stereocenters. The number of hydrogen-bond acceptors (Lipinski definition) is 9. The number of benzene rings is 1. The van der Waals surface area contributed by atoms with Crippen molar-refractivity contribution in [3.8, 4) is 0 Å². The summed E-state index contributed by atoms with van der Waals surface area (Å²) in [6.45, 7) is 1.74. The normalized spacial score (nSPS) is 26.5. The molecule has 2 aliphatic heterocycles. The maximum absolute atomic E-state index is 12.4. The zero-order chi connectivity index (χ0) is 19.5. The summed E-state index contributed by atoms with van der Waals surface area (Å²) in [5, 5.41) is 0. The monoisotopic (exact) mass is 403 g/mol. The van der Waals surface area contributed by atoms with E-state index >= 15 is 0 Å². The summed E-state index contributed by atoms with van der Waals surface area (Å²) in [4.78, 5) is 12.4. The number of aryl methyl sites for hydroxylation is 1. The average Bonchev–Trinajstić information content (AvgIpc) is 3.20. The highest BCUT2D eigenvalue weighted by molar-refractivity contribution is 7.86. The molecule has 0 spiro atoms. The molecule has 2 fully saturated rings. The lowest BCUT2D eigenvalue weighted by Crippen LogP contribution is -2.25. The van der Waals surface area contributed by atoms with E-state index in [4.69, 9.17) is 19.4 Å². The average molecular weight is 403 g/mol. The van der Waals surface area contributed by atoms with Crippen LogP contribution in [0.2, 0.25) is 0 Å². The number of nitrogens with zero attached hydrogens (tertiary/aromatic N) is 4. The fraction of sp³-hybridized carbons (Fsp3) is 0.353. The van der Waals surface area contributed by atoms with Crippen LogP contribution in [-0.2, 0) is 23.8 Å². The van der Waals surface area contributed by atoms with E-state index in [1.807, 2.05) is 6.92 Å². The van der Waals surface area contributed by atoms with Crippen molar-refractivity contribution in [2.24, 2.45) is 0 Å². The second kappa shape index (κ2) is 6.21. The molecule has 4 heterocycles. The smallest absolute Gasteiger partial charge is 0.297 e. The number of rotatable bonds is 5. The summed E-state index contributed by atoms with van der Waals surface area (Å²) in [6, 6.07) is 6.47. The Balaban J connectivity index is 1.31. The Kier molecular flexibility index (Phi) is 3.88. The first-order chi connectivity index (χ1) is 13.4.